The van der Waals surface area contributed by atoms with Crippen molar-refractivity contribution >= 4 is 11.6 Å². The van der Waals surface area contributed by atoms with E-state index in [9.17, 15) is 4.79 Å². The number of aromatic nitrogens is 2. The van der Waals surface area contributed by atoms with Crippen LogP contribution in [0, 0.1) is 0 Å². The van der Waals surface area contributed by atoms with Crippen molar-refractivity contribution in [2.45, 2.75) is 19.3 Å². The van der Waals surface area contributed by atoms with Crippen LogP contribution in [0.2, 0.25) is 0 Å². The van der Waals surface area contributed by atoms with Crippen molar-refractivity contribution < 1.29 is 4.79 Å². The van der Waals surface area contributed by atoms with Crippen LogP contribution in [0.25, 0.3) is 11.4 Å². The summed E-state index contributed by atoms with van der Waals surface area (Å²) < 4.78 is 0. The Morgan fingerprint density at radius 2 is 2.05 bits per heavy atom. The summed E-state index contributed by atoms with van der Waals surface area (Å²) in [5.41, 5.74) is 7.98. The number of hydrogen-bond donors (Lipinski definition) is 2. The lowest BCUT2D eigenvalue weighted by molar-refractivity contribution is 0.100. The van der Waals surface area contributed by atoms with Gasteiger partial charge in [-0.2, -0.15) is 0 Å². The van der Waals surface area contributed by atoms with Crippen LogP contribution in [0.5, 0.6) is 0 Å². The number of amides is 1. The molecule has 3 N–H and O–H groups in total. The van der Waals surface area contributed by atoms with E-state index in [1.807, 2.05) is 12.1 Å². The summed E-state index contributed by atoms with van der Waals surface area (Å²) in [6.07, 6.45) is 7.07. The number of H-pyrrole nitrogens is 1. The number of aromatic amines is 1. The topological polar surface area (TPSA) is 75.0 Å². The quantitative estimate of drug-likeness (QED) is 0.897. The summed E-state index contributed by atoms with van der Waals surface area (Å²) in [5.74, 6) is 0.427. The highest BCUT2D eigenvalue weighted by molar-refractivity contribution is 5.99. The number of piperidine rings is 1. The minimum Gasteiger partial charge on any atom is -0.371 e. The van der Waals surface area contributed by atoms with Crippen molar-refractivity contribution in [1.29, 1.82) is 0 Å². The average molecular weight is 270 g/mol. The second-order valence-corrected chi connectivity index (χ2v) is 5.08. The summed E-state index contributed by atoms with van der Waals surface area (Å²) in [5, 5.41) is 0. The molecule has 3 rings (SSSR count). The first-order chi connectivity index (χ1) is 9.75. The number of nitrogens with zero attached hydrogens (tertiary/aromatic N) is 2. The van der Waals surface area contributed by atoms with Gasteiger partial charge in [0.25, 0.3) is 5.91 Å². The number of rotatable bonds is 3. The zero-order chi connectivity index (χ0) is 13.9. The summed E-state index contributed by atoms with van der Waals surface area (Å²) in [7, 11) is 0. The summed E-state index contributed by atoms with van der Waals surface area (Å²) >= 11 is 0. The summed E-state index contributed by atoms with van der Waals surface area (Å²) in [6, 6.07) is 5.68. The fraction of sp³-hybridized carbons (Fsp3) is 0.333. The van der Waals surface area contributed by atoms with Crippen LogP contribution in [0.4, 0.5) is 5.69 Å². The Morgan fingerprint density at radius 1 is 1.25 bits per heavy atom. The molecule has 5 heteroatoms. The van der Waals surface area contributed by atoms with Crippen molar-refractivity contribution in [3.05, 3.63) is 36.2 Å². The average Bonchev–Trinajstić information content (AvgIpc) is 3.02. The molecule has 1 aromatic carbocycles. The first-order valence-electron chi connectivity index (χ1n) is 6.94. The molecular formula is C15H18N4O. The first kappa shape index (κ1) is 12.7. The lowest BCUT2D eigenvalue weighted by Gasteiger charge is -2.30. The third-order valence-electron chi connectivity index (χ3n) is 3.73. The molecule has 2 heterocycles. The van der Waals surface area contributed by atoms with Gasteiger partial charge in [0.15, 0.2) is 0 Å². The predicted octanol–water partition coefficient (Wildman–Crippen LogP) is 2.17. The Bertz CT molecular complexity index is 600. The highest BCUT2D eigenvalue weighted by Gasteiger charge is 2.18. The first-order valence-corrected chi connectivity index (χ1v) is 6.94. The van der Waals surface area contributed by atoms with Gasteiger partial charge in [-0.25, -0.2) is 4.98 Å². The van der Waals surface area contributed by atoms with E-state index < -0.39 is 0 Å². The van der Waals surface area contributed by atoms with Gasteiger partial charge in [-0.3, -0.25) is 4.79 Å². The van der Waals surface area contributed by atoms with Crippen molar-refractivity contribution in [3.8, 4) is 11.4 Å². The molecule has 1 aliphatic heterocycles. The van der Waals surface area contributed by atoms with Crippen LogP contribution in [0.3, 0.4) is 0 Å². The molecule has 104 valence electrons. The molecule has 1 aliphatic rings. The monoisotopic (exact) mass is 270 g/mol. The zero-order valence-electron chi connectivity index (χ0n) is 11.3. The number of anilines is 1. The minimum absolute atomic E-state index is 0.378. The molecule has 0 radical (unpaired) electrons. The van der Waals surface area contributed by atoms with Crippen LogP contribution in [-0.2, 0) is 0 Å². The molecule has 0 saturated carbocycles. The van der Waals surface area contributed by atoms with E-state index in [1.54, 1.807) is 18.5 Å². The number of imidazole rings is 1. The Morgan fingerprint density at radius 3 is 2.70 bits per heavy atom. The maximum atomic E-state index is 11.6. The maximum absolute atomic E-state index is 11.6. The summed E-state index contributed by atoms with van der Waals surface area (Å²) in [6.45, 7) is 1.95. The van der Waals surface area contributed by atoms with Crippen LogP contribution in [0.15, 0.2) is 30.6 Å². The molecule has 1 fully saturated rings. The molecule has 20 heavy (non-hydrogen) atoms. The predicted molar refractivity (Wildman–Crippen MR) is 78.6 cm³/mol. The molecule has 1 amide bonds. The van der Waals surface area contributed by atoms with Crippen molar-refractivity contribution in [2.75, 3.05) is 18.0 Å². The smallest absolute Gasteiger partial charge is 0.250 e. The standard InChI is InChI=1S/C15H18N4O/c16-14(20)12-5-4-11(15-17-6-7-18-15)10-13(12)19-8-2-1-3-9-19/h4-7,10H,1-3,8-9H2,(H2,16,20)(H,17,18). The molecule has 0 unspecified atom stereocenters. The van der Waals surface area contributed by atoms with E-state index in [0.29, 0.717) is 5.56 Å². The van der Waals surface area contributed by atoms with Gasteiger partial charge < -0.3 is 15.6 Å². The normalized spacial score (nSPS) is 15.3. The fourth-order valence-corrected chi connectivity index (χ4v) is 2.71. The van der Waals surface area contributed by atoms with Crippen molar-refractivity contribution in [2.24, 2.45) is 5.73 Å². The lowest BCUT2D eigenvalue weighted by atomic mass is 10.0. The Hall–Kier alpha value is -2.30. The van der Waals surface area contributed by atoms with E-state index in [-0.39, 0.29) is 5.91 Å². The van der Waals surface area contributed by atoms with Gasteiger partial charge >= 0.3 is 0 Å². The molecule has 1 aromatic heterocycles. The molecular weight excluding hydrogens is 252 g/mol. The fourth-order valence-electron chi connectivity index (χ4n) is 2.71. The molecule has 0 bridgehead atoms. The Balaban J connectivity index is 2.03. The second kappa shape index (κ2) is 5.36. The molecule has 0 spiro atoms. The summed E-state index contributed by atoms with van der Waals surface area (Å²) in [4.78, 5) is 21.2. The van der Waals surface area contributed by atoms with Gasteiger partial charge in [-0.05, 0) is 31.4 Å². The highest BCUT2D eigenvalue weighted by Crippen LogP contribution is 2.28. The van der Waals surface area contributed by atoms with Gasteiger partial charge in [-0.1, -0.05) is 6.07 Å². The van der Waals surface area contributed by atoms with Gasteiger partial charge in [-0.15, -0.1) is 0 Å². The van der Waals surface area contributed by atoms with Gasteiger partial charge in [0, 0.05) is 31.0 Å². The van der Waals surface area contributed by atoms with E-state index in [0.717, 1.165) is 43.0 Å². The number of hydrogen-bond acceptors (Lipinski definition) is 3. The third kappa shape index (κ3) is 2.39. The van der Waals surface area contributed by atoms with Crippen LogP contribution in [0.1, 0.15) is 29.6 Å². The van der Waals surface area contributed by atoms with Gasteiger partial charge in [0.2, 0.25) is 0 Å². The SMILES string of the molecule is NC(=O)c1ccc(-c2ncc[nH]2)cc1N1CCCCC1. The van der Waals surface area contributed by atoms with Gasteiger partial charge in [0.1, 0.15) is 5.82 Å². The van der Waals surface area contributed by atoms with Crippen LogP contribution in [-0.4, -0.2) is 29.0 Å². The van der Waals surface area contributed by atoms with Crippen molar-refractivity contribution in [3.63, 3.8) is 0 Å². The van der Waals surface area contributed by atoms with E-state index >= 15 is 0 Å². The molecule has 0 aliphatic carbocycles. The highest BCUT2D eigenvalue weighted by atomic mass is 16.1. The largest absolute Gasteiger partial charge is 0.371 e. The molecule has 2 aromatic rings. The van der Waals surface area contributed by atoms with Gasteiger partial charge in [0.05, 0.1) is 11.3 Å². The van der Waals surface area contributed by atoms with E-state index in [2.05, 4.69) is 14.9 Å². The Labute approximate surface area is 117 Å². The third-order valence-corrected chi connectivity index (χ3v) is 3.73. The number of carbonyl (C=O) groups excluding carboxylic acids is 1. The van der Waals surface area contributed by atoms with Crippen LogP contribution < -0.4 is 10.6 Å². The number of primary amides is 1. The zero-order valence-corrected chi connectivity index (χ0v) is 11.3. The molecule has 0 atom stereocenters. The number of nitrogens with two attached hydrogens (primary N) is 1. The van der Waals surface area contributed by atoms with E-state index in [1.165, 1.54) is 6.42 Å². The maximum Gasteiger partial charge on any atom is 0.250 e. The van der Waals surface area contributed by atoms with Crippen LogP contribution >= 0.6 is 0 Å². The Kier molecular flexibility index (Phi) is 3.41. The van der Waals surface area contributed by atoms with E-state index in [4.69, 9.17) is 5.73 Å². The molecule has 1 saturated heterocycles. The minimum atomic E-state index is -0.378. The number of benzene rings is 1. The van der Waals surface area contributed by atoms with Crippen molar-refractivity contribution in [1.82, 2.24) is 9.97 Å². The number of carbonyl (C=O) groups is 1. The second-order valence-electron chi connectivity index (χ2n) is 5.08. The molecule has 5 nitrogen and oxygen atoms in total. The number of nitrogens with one attached hydrogen (secondary N) is 1. The lowest BCUT2D eigenvalue weighted by Crippen LogP contribution is -2.31.